The molecule has 0 bridgehead atoms. The lowest BCUT2D eigenvalue weighted by molar-refractivity contribution is -0.613. The molecule has 144 valence electrons. The van der Waals surface area contributed by atoms with E-state index in [0.717, 1.165) is 0 Å². The summed E-state index contributed by atoms with van der Waals surface area (Å²) >= 11 is 0. The van der Waals surface area contributed by atoms with Gasteiger partial charge in [0.2, 0.25) is 5.75 Å². The molecular formula is C16H15F2N3O5S. The fraction of sp³-hybridized carbons (Fsp3) is 0.250. The highest BCUT2D eigenvalue weighted by Crippen LogP contribution is 2.30. The lowest BCUT2D eigenvalue weighted by Gasteiger charge is -2.11. The van der Waals surface area contributed by atoms with E-state index >= 15 is 0 Å². The third-order valence-corrected chi connectivity index (χ3v) is 4.84. The molecule has 1 N–H and O–H groups in total. The second-order valence-electron chi connectivity index (χ2n) is 5.28. The zero-order valence-corrected chi connectivity index (χ0v) is 15.1. The number of benzene rings is 1. The molecule has 0 fully saturated rings. The molecule has 0 saturated heterocycles. The number of alkyl halides is 2. The van der Waals surface area contributed by atoms with Crippen molar-refractivity contribution in [2.75, 3.05) is 14.2 Å². The summed E-state index contributed by atoms with van der Waals surface area (Å²) in [6.45, 7) is -2.95. The molecule has 2 aromatic heterocycles. The highest BCUT2D eigenvalue weighted by atomic mass is 32.2. The van der Waals surface area contributed by atoms with Crippen LogP contribution in [0.1, 0.15) is 5.69 Å². The topological polar surface area (TPSA) is 100 Å². The van der Waals surface area contributed by atoms with Gasteiger partial charge in [-0.25, -0.2) is 4.98 Å². The number of halogens is 2. The normalized spacial score (nSPS) is 12.3. The smallest absolute Gasteiger partial charge is 0.387 e. The second-order valence-corrected chi connectivity index (χ2v) is 6.65. The van der Waals surface area contributed by atoms with E-state index in [2.05, 4.69) is 14.7 Å². The van der Waals surface area contributed by atoms with E-state index < -0.39 is 17.4 Å². The van der Waals surface area contributed by atoms with E-state index in [1.54, 1.807) is 0 Å². The van der Waals surface area contributed by atoms with E-state index in [4.69, 9.17) is 9.47 Å². The molecular weight excluding hydrogens is 384 g/mol. The van der Waals surface area contributed by atoms with Gasteiger partial charge in [0.15, 0.2) is 17.1 Å². The number of methoxy groups -OCH3 is 2. The van der Waals surface area contributed by atoms with Gasteiger partial charge >= 0.3 is 6.61 Å². The van der Waals surface area contributed by atoms with Crippen LogP contribution in [0.15, 0.2) is 35.6 Å². The third-order valence-electron chi connectivity index (χ3n) is 3.68. The molecule has 1 aromatic carbocycles. The predicted octanol–water partition coefficient (Wildman–Crippen LogP) is 2.12. The van der Waals surface area contributed by atoms with Crippen molar-refractivity contribution in [3.05, 3.63) is 41.4 Å². The van der Waals surface area contributed by atoms with Gasteiger partial charge < -0.3 is 24.4 Å². The van der Waals surface area contributed by atoms with Gasteiger partial charge in [-0.05, 0) is 12.1 Å². The van der Waals surface area contributed by atoms with E-state index in [0.29, 0.717) is 21.5 Å². The maximum atomic E-state index is 12.7. The van der Waals surface area contributed by atoms with Gasteiger partial charge in [-0.1, -0.05) is 0 Å². The third kappa shape index (κ3) is 3.92. The molecule has 0 aliphatic carbocycles. The fourth-order valence-corrected chi connectivity index (χ4v) is 3.56. The predicted molar refractivity (Wildman–Crippen MR) is 91.3 cm³/mol. The van der Waals surface area contributed by atoms with E-state index in [9.17, 15) is 18.2 Å². The first-order chi connectivity index (χ1) is 12.9. The number of nitrogens with one attached hydrogen (secondary N) is 1. The molecule has 8 nitrogen and oxygen atoms in total. The van der Waals surface area contributed by atoms with Crippen molar-refractivity contribution >= 4 is 21.8 Å². The molecule has 3 rings (SSSR count). The number of aromatic amines is 1. The zero-order valence-electron chi connectivity index (χ0n) is 14.3. The van der Waals surface area contributed by atoms with Gasteiger partial charge in [-0.3, -0.25) is 4.21 Å². The number of pyridine rings is 1. The highest BCUT2D eigenvalue weighted by Gasteiger charge is 2.24. The Morgan fingerprint density at radius 3 is 2.74 bits per heavy atom. The van der Waals surface area contributed by atoms with Crippen molar-refractivity contribution in [1.82, 2.24) is 9.97 Å². The lowest BCUT2D eigenvalue weighted by atomic mass is 10.3. The number of ether oxygens (including phenoxy) is 3. The van der Waals surface area contributed by atoms with Crippen LogP contribution in [0.2, 0.25) is 0 Å². The average Bonchev–Trinajstić information content (AvgIpc) is 3.06. The molecule has 0 aliphatic rings. The summed E-state index contributed by atoms with van der Waals surface area (Å²) in [5.41, 5.74) is 0.911. The average molecular weight is 399 g/mol. The first-order valence-electron chi connectivity index (χ1n) is 7.59. The number of rotatable bonds is 7. The summed E-state index contributed by atoms with van der Waals surface area (Å²) in [4.78, 5) is 6.97. The maximum absolute atomic E-state index is 12.7. The van der Waals surface area contributed by atoms with Crippen LogP contribution in [0, 0.1) is 5.21 Å². The van der Waals surface area contributed by atoms with Crippen LogP contribution in [0.4, 0.5) is 8.78 Å². The molecule has 11 heteroatoms. The lowest BCUT2D eigenvalue weighted by Crippen LogP contribution is -2.32. The first-order valence-corrected chi connectivity index (χ1v) is 8.90. The Morgan fingerprint density at radius 1 is 1.30 bits per heavy atom. The number of hydrogen-bond donors (Lipinski definition) is 1. The fourth-order valence-electron chi connectivity index (χ4n) is 2.49. The Hall–Kier alpha value is -2.95. The van der Waals surface area contributed by atoms with Crippen LogP contribution < -0.4 is 18.9 Å². The van der Waals surface area contributed by atoms with E-state index in [1.807, 2.05) is 0 Å². The molecule has 0 saturated carbocycles. The van der Waals surface area contributed by atoms with Crippen LogP contribution >= 0.6 is 0 Å². The molecule has 0 aliphatic heterocycles. The number of aromatic nitrogens is 3. The number of nitrogens with zero attached hydrogens (tertiary/aromatic N) is 2. The SMILES string of the molecule is COc1cc[n+]([O-])c(C[S@@](=O)c2nc3ccc(OC(F)F)cc3[nH]2)c1OC. The van der Waals surface area contributed by atoms with Gasteiger partial charge in [0.25, 0.3) is 5.69 Å². The molecule has 0 unspecified atom stereocenters. The van der Waals surface area contributed by atoms with Gasteiger partial charge in [0.1, 0.15) is 11.5 Å². The highest BCUT2D eigenvalue weighted by molar-refractivity contribution is 7.84. The summed E-state index contributed by atoms with van der Waals surface area (Å²) < 4.78 is 52.5. The van der Waals surface area contributed by atoms with Crippen molar-refractivity contribution in [3.8, 4) is 17.2 Å². The van der Waals surface area contributed by atoms with Crippen LogP contribution in [0.3, 0.4) is 0 Å². The molecule has 0 amide bonds. The number of H-pyrrole nitrogens is 1. The van der Waals surface area contributed by atoms with Crippen LogP contribution in [-0.4, -0.2) is 35.0 Å². The Bertz CT molecular complexity index is 996. The monoisotopic (exact) mass is 399 g/mol. The van der Waals surface area contributed by atoms with Crippen molar-refractivity contribution in [1.29, 1.82) is 0 Å². The largest absolute Gasteiger partial charge is 0.618 e. The van der Waals surface area contributed by atoms with Gasteiger partial charge in [-0.2, -0.15) is 13.5 Å². The molecule has 27 heavy (non-hydrogen) atoms. The standard InChI is InChI=1S/C16H15F2N3O5S/c1-24-13-5-6-21(22)12(14(13)25-2)8-27(23)16-19-10-4-3-9(26-15(17)18)7-11(10)20-16/h3-7,15H,8H2,1-2H3,(H,19,20)/t27-/m1/s1. The molecule has 3 aromatic rings. The van der Waals surface area contributed by atoms with Crippen molar-refractivity contribution < 1.29 is 31.9 Å². The zero-order chi connectivity index (χ0) is 19.6. The number of hydrogen-bond acceptors (Lipinski definition) is 6. The molecule has 0 spiro atoms. The van der Waals surface area contributed by atoms with E-state index in [1.165, 1.54) is 44.7 Å². The Kier molecular flexibility index (Phi) is 5.40. The minimum Gasteiger partial charge on any atom is -0.618 e. The Balaban J connectivity index is 1.91. The van der Waals surface area contributed by atoms with Gasteiger partial charge in [0, 0.05) is 12.1 Å². The second kappa shape index (κ2) is 7.74. The Labute approximate surface area is 154 Å². The maximum Gasteiger partial charge on any atom is 0.387 e. The quantitative estimate of drug-likeness (QED) is 0.483. The minimum absolute atomic E-state index is 0.0506. The molecule has 0 radical (unpaired) electrons. The van der Waals surface area contributed by atoms with Crippen molar-refractivity contribution in [3.63, 3.8) is 0 Å². The van der Waals surface area contributed by atoms with E-state index in [-0.39, 0.29) is 28.1 Å². The summed E-state index contributed by atoms with van der Waals surface area (Å²) in [5.74, 6) is 0.261. The van der Waals surface area contributed by atoms with Crippen LogP contribution in [0.25, 0.3) is 11.0 Å². The molecule has 1 atom stereocenters. The van der Waals surface area contributed by atoms with Gasteiger partial charge in [0.05, 0.1) is 36.1 Å². The van der Waals surface area contributed by atoms with Crippen molar-refractivity contribution in [2.24, 2.45) is 0 Å². The minimum atomic E-state index is -2.95. The molecule has 2 heterocycles. The van der Waals surface area contributed by atoms with Crippen LogP contribution in [-0.2, 0) is 16.6 Å². The van der Waals surface area contributed by atoms with Gasteiger partial charge in [-0.15, -0.1) is 0 Å². The summed E-state index contributed by atoms with van der Waals surface area (Å²) in [6, 6.07) is 5.56. The number of imidazole rings is 1. The first kappa shape index (κ1) is 18.8. The number of fused-ring (bicyclic) bond motifs is 1. The summed E-state index contributed by atoms with van der Waals surface area (Å²) in [7, 11) is 1.06. The summed E-state index contributed by atoms with van der Waals surface area (Å²) in [6.07, 6.45) is 1.22. The summed E-state index contributed by atoms with van der Waals surface area (Å²) in [5, 5.41) is 12.2. The van der Waals surface area contributed by atoms with Crippen molar-refractivity contribution in [2.45, 2.75) is 17.5 Å². The van der Waals surface area contributed by atoms with Crippen LogP contribution in [0.5, 0.6) is 17.2 Å². The Morgan fingerprint density at radius 2 is 2.07 bits per heavy atom.